The zero-order valence-corrected chi connectivity index (χ0v) is 15.1. The summed E-state index contributed by atoms with van der Waals surface area (Å²) in [5.41, 5.74) is 3.04. The molecule has 2 heterocycles. The molecule has 0 atom stereocenters. The highest BCUT2D eigenvalue weighted by Crippen LogP contribution is 2.26. The highest BCUT2D eigenvalue weighted by Gasteiger charge is 2.31. The van der Waals surface area contributed by atoms with Crippen molar-refractivity contribution in [1.82, 2.24) is 14.7 Å². The number of aromatic nitrogens is 2. The molecule has 4 rings (SSSR count). The molecule has 0 saturated carbocycles. The van der Waals surface area contributed by atoms with Crippen molar-refractivity contribution >= 4 is 12.1 Å². The highest BCUT2D eigenvalue weighted by atomic mass is 16.6. The average Bonchev–Trinajstić information content (AvgIpc) is 3.12. The first-order valence-electron chi connectivity index (χ1n) is 8.98. The summed E-state index contributed by atoms with van der Waals surface area (Å²) in [6, 6.07) is 18.8. The molecule has 0 unspecified atom stereocenters. The fourth-order valence-corrected chi connectivity index (χ4v) is 3.34. The molecule has 0 spiro atoms. The molecule has 0 fully saturated rings. The Morgan fingerprint density at radius 2 is 1.71 bits per heavy atom. The van der Waals surface area contributed by atoms with Crippen LogP contribution in [0.15, 0.2) is 60.7 Å². The maximum atomic E-state index is 12.5. The van der Waals surface area contributed by atoms with Crippen molar-refractivity contribution < 1.29 is 19.4 Å². The van der Waals surface area contributed by atoms with Gasteiger partial charge in [-0.1, -0.05) is 48.5 Å². The maximum absolute atomic E-state index is 12.5. The van der Waals surface area contributed by atoms with Gasteiger partial charge >= 0.3 is 12.1 Å². The van der Waals surface area contributed by atoms with Gasteiger partial charge in [-0.15, -0.1) is 0 Å². The van der Waals surface area contributed by atoms with Crippen LogP contribution in [0.4, 0.5) is 4.79 Å². The minimum absolute atomic E-state index is 0.0283. The third kappa shape index (κ3) is 3.46. The van der Waals surface area contributed by atoms with E-state index in [1.807, 2.05) is 60.7 Å². The molecule has 1 N–H and O–H groups in total. The topological polar surface area (TPSA) is 84.7 Å². The lowest BCUT2D eigenvalue weighted by Crippen LogP contribution is -2.37. The average molecular weight is 377 g/mol. The van der Waals surface area contributed by atoms with Gasteiger partial charge in [0, 0.05) is 18.5 Å². The standard InChI is InChI=1S/C21H19N3O4/c25-20(26)19-17-13-23(21(27)28-14-15-7-3-1-4-8-15)12-11-18(17)24(22-19)16-9-5-2-6-10-16/h1-10H,11-14H2,(H,25,26). The van der Waals surface area contributed by atoms with E-state index < -0.39 is 12.1 Å². The van der Waals surface area contributed by atoms with Crippen LogP contribution in [-0.4, -0.2) is 38.4 Å². The molecule has 1 aliphatic rings. The Bertz CT molecular complexity index is 999. The van der Waals surface area contributed by atoms with Crippen molar-refractivity contribution in [2.24, 2.45) is 0 Å². The number of aromatic carboxylic acids is 1. The van der Waals surface area contributed by atoms with Crippen molar-refractivity contribution in [3.8, 4) is 5.69 Å². The van der Waals surface area contributed by atoms with Gasteiger partial charge in [-0.05, 0) is 17.7 Å². The zero-order valence-electron chi connectivity index (χ0n) is 15.1. The fourth-order valence-electron chi connectivity index (χ4n) is 3.34. The molecule has 1 aromatic heterocycles. The van der Waals surface area contributed by atoms with Gasteiger partial charge in [0.1, 0.15) is 6.61 Å². The highest BCUT2D eigenvalue weighted by molar-refractivity contribution is 5.88. The maximum Gasteiger partial charge on any atom is 0.410 e. The third-order valence-electron chi connectivity index (χ3n) is 4.72. The lowest BCUT2D eigenvalue weighted by molar-refractivity contribution is 0.0682. The molecule has 0 saturated heterocycles. The number of para-hydroxylation sites is 1. The number of hydrogen-bond acceptors (Lipinski definition) is 4. The summed E-state index contributed by atoms with van der Waals surface area (Å²) in [5, 5.41) is 13.9. The van der Waals surface area contributed by atoms with E-state index in [1.165, 1.54) is 4.90 Å². The molecule has 2 aromatic carbocycles. The third-order valence-corrected chi connectivity index (χ3v) is 4.72. The molecule has 28 heavy (non-hydrogen) atoms. The van der Waals surface area contributed by atoms with Gasteiger partial charge < -0.3 is 14.7 Å². The normalized spacial score (nSPS) is 13.1. The molecule has 1 aliphatic heterocycles. The van der Waals surface area contributed by atoms with Crippen molar-refractivity contribution in [3.05, 3.63) is 83.2 Å². The van der Waals surface area contributed by atoms with Crippen LogP contribution in [0, 0.1) is 0 Å². The van der Waals surface area contributed by atoms with Crippen LogP contribution in [0.1, 0.15) is 27.3 Å². The lowest BCUT2D eigenvalue weighted by atomic mass is 10.1. The van der Waals surface area contributed by atoms with Crippen LogP contribution in [0.3, 0.4) is 0 Å². The Hall–Kier alpha value is -3.61. The van der Waals surface area contributed by atoms with E-state index in [0.29, 0.717) is 18.5 Å². The van der Waals surface area contributed by atoms with Crippen molar-refractivity contribution in [2.75, 3.05) is 6.54 Å². The second-order valence-electron chi connectivity index (χ2n) is 6.54. The molecule has 3 aromatic rings. The monoisotopic (exact) mass is 377 g/mol. The van der Waals surface area contributed by atoms with Gasteiger partial charge in [0.25, 0.3) is 0 Å². The van der Waals surface area contributed by atoms with Crippen LogP contribution < -0.4 is 0 Å². The van der Waals surface area contributed by atoms with E-state index in [1.54, 1.807) is 4.68 Å². The summed E-state index contributed by atoms with van der Waals surface area (Å²) in [4.78, 5) is 25.7. The Kier molecular flexibility index (Phi) is 4.80. The van der Waals surface area contributed by atoms with Crippen LogP contribution in [0.5, 0.6) is 0 Å². The summed E-state index contributed by atoms with van der Waals surface area (Å²) in [7, 11) is 0. The Labute approximate surface area is 161 Å². The Balaban J connectivity index is 1.55. The summed E-state index contributed by atoms with van der Waals surface area (Å²) in [5.74, 6) is -1.11. The van der Waals surface area contributed by atoms with E-state index in [9.17, 15) is 14.7 Å². The molecule has 7 nitrogen and oxygen atoms in total. The minimum atomic E-state index is -1.11. The van der Waals surface area contributed by atoms with E-state index in [-0.39, 0.29) is 18.8 Å². The number of carbonyl (C=O) groups is 2. The first-order chi connectivity index (χ1) is 13.6. The van der Waals surface area contributed by atoms with Crippen LogP contribution in [0.25, 0.3) is 5.69 Å². The van der Waals surface area contributed by atoms with Crippen molar-refractivity contribution in [3.63, 3.8) is 0 Å². The predicted molar refractivity (Wildman–Crippen MR) is 101 cm³/mol. The van der Waals surface area contributed by atoms with Gasteiger partial charge in [-0.3, -0.25) is 0 Å². The molecule has 0 radical (unpaired) electrons. The number of amides is 1. The number of nitrogens with zero attached hydrogens (tertiary/aromatic N) is 3. The second kappa shape index (κ2) is 7.56. The van der Waals surface area contributed by atoms with Gasteiger partial charge in [0.15, 0.2) is 5.69 Å². The summed E-state index contributed by atoms with van der Waals surface area (Å²) in [6.45, 7) is 0.785. The Morgan fingerprint density at radius 1 is 1.04 bits per heavy atom. The zero-order chi connectivity index (χ0) is 19.5. The molecule has 0 bridgehead atoms. The van der Waals surface area contributed by atoms with E-state index >= 15 is 0 Å². The van der Waals surface area contributed by atoms with Gasteiger partial charge in [0.05, 0.1) is 17.9 Å². The quantitative estimate of drug-likeness (QED) is 0.754. The molecule has 142 valence electrons. The van der Waals surface area contributed by atoms with Crippen molar-refractivity contribution in [2.45, 2.75) is 19.6 Å². The number of rotatable bonds is 4. The van der Waals surface area contributed by atoms with Crippen LogP contribution >= 0.6 is 0 Å². The number of hydrogen-bond donors (Lipinski definition) is 1. The first-order valence-corrected chi connectivity index (χ1v) is 8.98. The second-order valence-corrected chi connectivity index (χ2v) is 6.54. The first kappa shape index (κ1) is 17.8. The number of ether oxygens (including phenoxy) is 1. The largest absolute Gasteiger partial charge is 0.476 e. The van der Waals surface area contributed by atoms with Gasteiger partial charge in [0.2, 0.25) is 0 Å². The summed E-state index contributed by atoms with van der Waals surface area (Å²) >= 11 is 0. The number of fused-ring (bicyclic) bond motifs is 1. The number of benzene rings is 2. The smallest absolute Gasteiger partial charge is 0.410 e. The number of carboxylic acid groups (broad SMARTS) is 1. The molecular formula is C21H19N3O4. The minimum Gasteiger partial charge on any atom is -0.476 e. The fraction of sp³-hybridized carbons (Fsp3) is 0.190. The van der Waals surface area contributed by atoms with E-state index in [4.69, 9.17) is 4.74 Å². The summed E-state index contributed by atoms with van der Waals surface area (Å²) < 4.78 is 7.04. The molecular weight excluding hydrogens is 358 g/mol. The van der Waals surface area contributed by atoms with Crippen molar-refractivity contribution in [1.29, 1.82) is 0 Å². The van der Waals surface area contributed by atoms with E-state index in [0.717, 1.165) is 16.9 Å². The molecule has 1 amide bonds. The SMILES string of the molecule is O=C(O)c1nn(-c2ccccc2)c2c1CN(C(=O)OCc1ccccc1)CC2. The van der Waals surface area contributed by atoms with E-state index in [2.05, 4.69) is 5.10 Å². The van der Waals surface area contributed by atoms with Gasteiger partial charge in [-0.2, -0.15) is 5.10 Å². The predicted octanol–water partition coefficient (Wildman–Crippen LogP) is 3.27. The Morgan fingerprint density at radius 3 is 2.39 bits per heavy atom. The van der Waals surface area contributed by atoms with Gasteiger partial charge in [-0.25, -0.2) is 14.3 Å². The summed E-state index contributed by atoms with van der Waals surface area (Å²) in [6.07, 6.45) is 0.0450. The lowest BCUT2D eigenvalue weighted by Gasteiger charge is -2.27. The van der Waals surface area contributed by atoms with Crippen LogP contribution in [0.2, 0.25) is 0 Å². The van der Waals surface area contributed by atoms with Crippen LogP contribution in [-0.2, 0) is 24.3 Å². The number of carboxylic acids is 1. The molecule has 7 heteroatoms. The molecule has 0 aliphatic carbocycles. The number of carbonyl (C=O) groups excluding carboxylic acids is 1.